The molecule has 2 aromatic rings. The maximum absolute atomic E-state index is 12.1. The molecule has 1 N–H and O–H groups in total. The van der Waals surface area contributed by atoms with Crippen molar-refractivity contribution in [3.8, 4) is 0 Å². The summed E-state index contributed by atoms with van der Waals surface area (Å²) in [4.78, 5) is 14.6. The first-order valence-electron chi connectivity index (χ1n) is 10.6. The summed E-state index contributed by atoms with van der Waals surface area (Å²) in [5, 5.41) is 4.22. The number of carbonyl (C=O) groups is 1. The number of anilines is 1. The number of carbonyl (C=O) groups excluding carboxylic acids is 1. The molecule has 0 bridgehead atoms. The quantitative estimate of drug-likeness (QED) is 0.544. The highest BCUT2D eigenvalue weighted by Crippen LogP contribution is 2.43. The average Bonchev–Trinajstić information content (AvgIpc) is 2.68. The van der Waals surface area contributed by atoms with E-state index in [0.29, 0.717) is 12.3 Å². The molecule has 0 radical (unpaired) electrons. The van der Waals surface area contributed by atoms with Gasteiger partial charge in [0.1, 0.15) is 0 Å². The van der Waals surface area contributed by atoms with E-state index in [1.54, 1.807) is 6.21 Å². The molecule has 0 aliphatic carbocycles. The third kappa shape index (κ3) is 4.87. The van der Waals surface area contributed by atoms with Gasteiger partial charge in [0.15, 0.2) is 0 Å². The standard InChI is InChI=1S/C25H33N3O/c1-6-28-23-14-18(2)21(15-22(23)19(3)16-25(28,4)5)17-26-27-24(29)13-12-20-10-8-7-9-11-20/h7-11,14-15,17,19H,6,12-13,16H2,1-5H3,(H,27,29)/b26-17+/t19-/m0/s1. The van der Waals surface area contributed by atoms with Crippen LogP contribution in [0.5, 0.6) is 0 Å². The molecule has 0 saturated heterocycles. The highest BCUT2D eigenvalue weighted by Gasteiger charge is 2.35. The van der Waals surface area contributed by atoms with Crippen molar-refractivity contribution in [3.63, 3.8) is 0 Å². The highest BCUT2D eigenvalue weighted by atomic mass is 16.2. The van der Waals surface area contributed by atoms with Crippen molar-refractivity contribution in [2.75, 3.05) is 11.4 Å². The van der Waals surface area contributed by atoms with Crippen LogP contribution in [-0.4, -0.2) is 24.2 Å². The average molecular weight is 392 g/mol. The van der Waals surface area contributed by atoms with Gasteiger partial charge in [-0.1, -0.05) is 37.3 Å². The SMILES string of the molecule is CCN1c2cc(C)c(/C=N/NC(=O)CCc3ccccc3)cc2[C@@H](C)CC1(C)C. The summed E-state index contributed by atoms with van der Waals surface area (Å²) >= 11 is 0. The zero-order valence-corrected chi connectivity index (χ0v) is 18.3. The van der Waals surface area contributed by atoms with Crippen LogP contribution in [0.2, 0.25) is 0 Å². The van der Waals surface area contributed by atoms with E-state index >= 15 is 0 Å². The molecule has 1 aliphatic rings. The Morgan fingerprint density at radius 3 is 2.69 bits per heavy atom. The van der Waals surface area contributed by atoms with Gasteiger partial charge in [0, 0.05) is 24.2 Å². The lowest BCUT2D eigenvalue weighted by Crippen LogP contribution is -2.48. The van der Waals surface area contributed by atoms with Crippen molar-refractivity contribution in [1.29, 1.82) is 0 Å². The van der Waals surface area contributed by atoms with Crippen molar-refractivity contribution in [2.24, 2.45) is 5.10 Å². The van der Waals surface area contributed by atoms with Crippen LogP contribution in [-0.2, 0) is 11.2 Å². The first-order valence-corrected chi connectivity index (χ1v) is 10.6. The number of rotatable bonds is 6. The maximum atomic E-state index is 12.1. The van der Waals surface area contributed by atoms with Crippen LogP contribution in [0, 0.1) is 6.92 Å². The van der Waals surface area contributed by atoms with Crippen LogP contribution in [0.25, 0.3) is 0 Å². The fourth-order valence-electron chi connectivity index (χ4n) is 4.52. The zero-order chi connectivity index (χ0) is 21.0. The third-order valence-electron chi connectivity index (χ3n) is 5.97. The first kappa shape index (κ1) is 21.1. The van der Waals surface area contributed by atoms with Gasteiger partial charge in [0.25, 0.3) is 0 Å². The summed E-state index contributed by atoms with van der Waals surface area (Å²) in [6.07, 6.45) is 4.06. The highest BCUT2D eigenvalue weighted by molar-refractivity contribution is 5.85. The normalized spacial score (nSPS) is 18.0. The summed E-state index contributed by atoms with van der Waals surface area (Å²) in [6.45, 7) is 12.3. The molecular formula is C25H33N3O. The molecule has 1 amide bonds. The second-order valence-corrected chi connectivity index (χ2v) is 8.71. The number of aryl methyl sites for hydroxylation is 2. The van der Waals surface area contributed by atoms with Crippen LogP contribution < -0.4 is 10.3 Å². The number of nitrogens with one attached hydrogen (secondary N) is 1. The number of benzene rings is 2. The lowest BCUT2D eigenvalue weighted by molar-refractivity contribution is -0.121. The minimum atomic E-state index is -0.0620. The molecule has 1 atom stereocenters. The first-order chi connectivity index (χ1) is 13.8. The fraction of sp³-hybridized carbons (Fsp3) is 0.440. The van der Waals surface area contributed by atoms with E-state index in [4.69, 9.17) is 0 Å². The summed E-state index contributed by atoms with van der Waals surface area (Å²) in [7, 11) is 0. The van der Waals surface area contributed by atoms with E-state index in [2.05, 4.69) is 62.2 Å². The molecule has 1 heterocycles. The summed E-state index contributed by atoms with van der Waals surface area (Å²) in [5.41, 5.74) is 8.94. The molecule has 0 spiro atoms. The molecule has 1 aliphatic heterocycles. The molecule has 0 saturated carbocycles. The summed E-state index contributed by atoms with van der Waals surface area (Å²) < 4.78 is 0. The Hall–Kier alpha value is -2.62. The number of nitrogens with zero attached hydrogens (tertiary/aromatic N) is 2. The van der Waals surface area contributed by atoms with E-state index in [9.17, 15) is 4.79 Å². The van der Waals surface area contributed by atoms with E-state index in [1.165, 1.54) is 16.8 Å². The van der Waals surface area contributed by atoms with Crippen LogP contribution in [0.1, 0.15) is 68.7 Å². The van der Waals surface area contributed by atoms with Gasteiger partial charge in [-0.05, 0) is 80.8 Å². The molecular weight excluding hydrogens is 358 g/mol. The van der Waals surface area contributed by atoms with E-state index in [0.717, 1.165) is 30.5 Å². The molecule has 0 fully saturated rings. The molecule has 29 heavy (non-hydrogen) atoms. The largest absolute Gasteiger partial charge is 0.366 e. The molecule has 2 aromatic carbocycles. The van der Waals surface area contributed by atoms with Gasteiger partial charge in [0.2, 0.25) is 5.91 Å². The Labute approximate surface area is 175 Å². The second kappa shape index (κ2) is 8.81. The third-order valence-corrected chi connectivity index (χ3v) is 5.97. The van der Waals surface area contributed by atoms with Gasteiger partial charge in [-0.25, -0.2) is 5.43 Å². The number of hydrogen-bond donors (Lipinski definition) is 1. The topological polar surface area (TPSA) is 44.7 Å². The van der Waals surface area contributed by atoms with Crippen LogP contribution in [0.4, 0.5) is 5.69 Å². The Balaban J connectivity index is 1.69. The van der Waals surface area contributed by atoms with Crippen LogP contribution in [0.15, 0.2) is 47.6 Å². The van der Waals surface area contributed by atoms with E-state index in [-0.39, 0.29) is 11.4 Å². The van der Waals surface area contributed by atoms with Crippen molar-refractivity contribution >= 4 is 17.8 Å². The predicted molar refractivity (Wildman–Crippen MR) is 122 cm³/mol. The van der Waals surface area contributed by atoms with E-state index < -0.39 is 0 Å². The Morgan fingerprint density at radius 2 is 2.00 bits per heavy atom. The van der Waals surface area contributed by atoms with Crippen molar-refractivity contribution < 1.29 is 4.79 Å². The summed E-state index contributed by atoms with van der Waals surface area (Å²) in [6, 6.07) is 14.6. The summed E-state index contributed by atoms with van der Waals surface area (Å²) in [5.74, 6) is 0.434. The lowest BCUT2D eigenvalue weighted by atomic mass is 9.79. The van der Waals surface area contributed by atoms with Gasteiger partial charge in [0.05, 0.1) is 6.21 Å². The number of hydrazone groups is 1. The Kier molecular flexibility index (Phi) is 6.41. The van der Waals surface area contributed by atoms with Crippen molar-refractivity contribution in [3.05, 3.63) is 64.7 Å². The minimum absolute atomic E-state index is 0.0620. The molecule has 3 rings (SSSR count). The molecule has 154 valence electrons. The van der Waals surface area contributed by atoms with Gasteiger partial charge < -0.3 is 4.90 Å². The fourth-order valence-corrected chi connectivity index (χ4v) is 4.52. The molecule has 4 nitrogen and oxygen atoms in total. The minimum Gasteiger partial charge on any atom is -0.366 e. The molecule has 0 aromatic heterocycles. The monoisotopic (exact) mass is 391 g/mol. The smallest absolute Gasteiger partial charge is 0.240 e. The zero-order valence-electron chi connectivity index (χ0n) is 18.3. The molecule has 0 unspecified atom stereocenters. The van der Waals surface area contributed by atoms with Gasteiger partial charge in [-0.15, -0.1) is 0 Å². The van der Waals surface area contributed by atoms with Crippen LogP contribution >= 0.6 is 0 Å². The number of hydrogen-bond acceptors (Lipinski definition) is 3. The van der Waals surface area contributed by atoms with Gasteiger partial charge in [-0.2, -0.15) is 5.10 Å². The number of amides is 1. The number of fused-ring (bicyclic) bond motifs is 1. The second-order valence-electron chi connectivity index (χ2n) is 8.71. The van der Waals surface area contributed by atoms with Crippen LogP contribution in [0.3, 0.4) is 0 Å². The van der Waals surface area contributed by atoms with E-state index in [1.807, 2.05) is 30.3 Å². The van der Waals surface area contributed by atoms with Crippen molar-refractivity contribution in [1.82, 2.24) is 5.43 Å². The Bertz CT molecular complexity index is 886. The van der Waals surface area contributed by atoms with Crippen molar-refractivity contribution in [2.45, 2.75) is 65.3 Å². The maximum Gasteiger partial charge on any atom is 0.240 e. The van der Waals surface area contributed by atoms with Gasteiger partial charge in [-0.3, -0.25) is 4.79 Å². The Morgan fingerprint density at radius 1 is 1.28 bits per heavy atom. The lowest BCUT2D eigenvalue weighted by Gasteiger charge is -2.47. The predicted octanol–water partition coefficient (Wildman–Crippen LogP) is 5.19. The molecule has 4 heteroatoms. The van der Waals surface area contributed by atoms with Gasteiger partial charge >= 0.3 is 0 Å².